The summed E-state index contributed by atoms with van der Waals surface area (Å²) in [5.74, 6) is 0.343. The summed E-state index contributed by atoms with van der Waals surface area (Å²) in [6, 6.07) is 7.07. The molecule has 0 aliphatic heterocycles. The first-order valence-corrected chi connectivity index (χ1v) is 7.84. The average Bonchev–Trinajstić information content (AvgIpc) is 2.33. The van der Waals surface area contributed by atoms with E-state index in [-0.39, 0.29) is 0 Å². The summed E-state index contributed by atoms with van der Waals surface area (Å²) in [5.41, 5.74) is 1.13. The molecule has 102 valence electrons. The minimum atomic E-state index is -3.10. The zero-order chi connectivity index (χ0) is 13.6. The molecule has 0 radical (unpaired) electrons. The third-order valence-corrected chi connectivity index (χ3v) is 3.94. The van der Waals surface area contributed by atoms with Gasteiger partial charge in [-0.2, -0.15) is 0 Å². The number of sulfone groups is 1. The van der Waals surface area contributed by atoms with E-state index in [1.165, 1.54) is 6.26 Å². The Balaban J connectivity index is 2.57. The van der Waals surface area contributed by atoms with Crippen LogP contribution < -0.4 is 5.32 Å². The van der Waals surface area contributed by atoms with Crippen molar-refractivity contribution in [1.82, 2.24) is 5.32 Å². The van der Waals surface area contributed by atoms with E-state index < -0.39 is 9.84 Å². The largest absolute Gasteiger partial charge is 0.383 e. The second-order valence-corrected chi connectivity index (χ2v) is 6.45. The maximum atomic E-state index is 11.3. The van der Waals surface area contributed by atoms with Crippen molar-refractivity contribution >= 4 is 9.84 Å². The first-order chi connectivity index (χ1) is 8.45. The van der Waals surface area contributed by atoms with Crippen LogP contribution in [-0.4, -0.2) is 41.5 Å². The van der Waals surface area contributed by atoms with Gasteiger partial charge in [-0.1, -0.05) is 19.1 Å². The molecule has 4 nitrogen and oxygen atoms in total. The van der Waals surface area contributed by atoms with Gasteiger partial charge in [0.05, 0.1) is 11.5 Å². The Morgan fingerprint density at radius 2 is 1.89 bits per heavy atom. The Hall–Kier alpha value is -0.910. The van der Waals surface area contributed by atoms with Crippen molar-refractivity contribution in [2.75, 3.05) is 33.1 Å². The maximum absolute atomic E-state index is 11.3. The number of nitrogens with one attached hydrogen (secondary N) is 1. The van der Waals surface area contributed by atoms with Crippen LogP contribution in [-0.2, 0) is 14.6 Å². The zero-order valence-corrected chi connectivity index (χ0v) is 12.0. The molecule has 0 aliphatic rings. The van der Waals surface area contributed by atoms with Gasteiger partial charge in [0.2, 0.25) is 0 Å². The molecule has 1 aromatic carbocycles. The Labute approximate surface area is 109 Å². The molecule has 18 heavy (non-hydrogen) atoms. The van der Waals surface area contributed by atoms with E-state index in [1.807, 2.05) is 12.1 Å². The van der Waals surface area contributed by atoms with Gasteiger partial charge in [0, 0.05) is 26.5 Å². The molecule has 0 fully saturated rings. The van der Waals surface area contributed by atoms with Gasteiger partial charge in [-0.15, -0.1) is 0 Å². The van der Waals surface area contributed by atoms with Crippen LogP contribution >= 0.6 is 0 Å². The molecular formula is C13H21NO3S. The van der Waals surface area contributed by atoms with Crippen LogP contribution in [0.2, 0.25) is 0 Å². The highest BCUT2D eigenvalue weighted by molar-refractivity contribution is 7.90. The van der Waals surface area contributed by atoms with Gasteiger partial charge in [0.15, 0.2) is 9.84 Å². The molecule has 0 amide bonds. The predicted molar refractivity (Wildman–Crippen MR) is 72.7 cm³/mol. The number of benzene rings is 1. The lowest BCUT2D eigenvalue weighted by atomic mass is 10.0. The van der Waals surface area contributed by atoms with Gasteiger partial charge >= 0.3 is 0 Å². The summed E-state index contributed by atoms with van der Waals surface area (Å²) < 4.78 is 27.6. The first kappa shape index (κ1) is 15.1. The standard InChI is InChI=1S/C13H21NO3S/c1-11(10-14-8-9-17-2)12-4-6-13(7-5-12)18(3,15)16/h4-7,11,14H,8-10H2,1-3H3. The van der Waals surface area contributed by atoms with Crippen molar-refractivity contribution in [2.45, 2.75) is 17.7 Å². The molecule has 0 aromatic heterocycles. The minimum absolute atomic E-state index is 0.343. The second-order valence-electron chi connectivity index (χ2n) is 4.44. The van der Waals surface area contributed by atoms with Crippen LogP contribution in [0.3, 0.4) is 0 Å². The normalized spacial score (nSPS) is 13.5. The van der Waals surface area contributed by atoms with E-state index in [2.05, 4.69) is 12.2 Å². The van der Waals surface area contributed by atoms with Gasteiger partial charge in [-0.3, -0.25) is 0 Å². The van der Waals surface area contributed by atoms with E-state index in [0.717, 1.165) is 18.7 Å². The molecule has 1 N–H and O–H groups in total. The van der Waals surface area contributed by atoms with Gasteiger partial charge in [-0.05, 0) is 23.6 Å². The summed E-state index contributed by atoms with van der Waals surface area (Å²) in [6.07, 6.45) is 1.22. The summed E-state index contributed by atoms with van der Waals surface area (Å²) in [6.45, 7) is 4.47. The quantitative estimate of drug-likeness (QED) is 0.762. The van der Waals surface area contributed by atoms with Crippen LogP contribution in [0.4, 0.5) is 0 Å². The van der Waals surface area contributed by atoms with E-state index >= 15 is 0 Å². The first-order valence-electron chi connectivity index (χ1n) is 5.95. The number of methoxy groups -OCH3 is 1. The Morgan fingerprint density at radius 3 is 2.39 bits per heavy atom. The summed E-state index contributed by atoms with van der Waals surface area (Å²) >= 11 is 0. The number of rotatable bonds is 7. The van der Waals surface area contributed by atoms with Crippen molar-refractivity contribution in [3.63, 3.8) is 0 Å². The highest BCUT2D eigenvalue weighted by atomic mass is 32.2. The topological polar surface area (TPSA) is 55.4 Å². The van der Waals surface area contributed by atoms with E-state index in [0.29, 0.717) is 17.4 Å². The fourth-order valence-corrected chi connectivity index (χ4v) is 2.28. The summed E-state index contributed by atoms with van der Waals surface area (Å²) in [5, 5.41) is 3.29. The van der Waals surface area contributed by atoms with Crippen LogP contribution in [0.25, 0.3) is 0 Å². The monoisotopic (exact) mass is 271 g/mol. The lowest BCUT2D eigenvalue weighted by Gasteiger charge is -2.13. The Morgan fingerprint density at radius 1 is 1.28 bits per heavy atom. The van der Waals surface area contributed by atoms with E-state index in [1.54, 1.807) is 19.2 Å². The molecule has 0 heterocycles. The second kappa shape index (κ2) is 6.87. The summed E-state index contributed by atoms with van der Waals surface area (Å²) in [4.78, 5) is 0.366. The van der Waals surface area contributed by atoms with Gasteiger partial charge < -0.3 is 10.1 Å². The Bertz CT molecular complexity index is 454. The molecule has 1 rings (SSSR count). The van der Waals surface area contributed by atoms with Gasteiger partial charge in [-0.25, -0.2) is 8.42 Å². The summed E-state index contributed by atoms with van der Waals surface area (Å²) in [7, 11) is -1.43. The third kappa shape index (κ3) is 4.76. The minimum Gasteiger partial charge on any atom is -0.383 e. The average molecular weight is 271 g/mol. The smallest absolute Gasteiger partial charge is 0.175 e. The Kier molecular flexibility index (Phi) is 5.78. The van der Waals surface area contributed by atoms with Crippen LogP contribution in [0.5, 0.6) is 0 Å². The van der Waals surface area contributed by atoms with Crippen molar-refractivity contribution in [3.05, 3.63) is 29.8 Å². The van der Waals surface area contributed by atoms with E-state index in [4.69, 9.17) is 4.74 Å². The third-order valence-electron chi connectivity index (χ3n) is 2.81. The van der Waals surface area contributed by atoms with Crippen LogP contribution in [0.15, 0.2) is 29.2 Å². The fourth-order valence-electron chi connectivity index (χ4n) is 1.65. The molecule has 0 saturated carbocycles. The van der Waals surface area contributed by atoms with Crippen molar-refractivity contribution in [2.24, 2.45) is 0 Å². The highest BCUT2D eigenvalue weighted by Gasteiger charge is 2.09. The maximum Gasteiger partial charge on any atom is 0.175 e. The van der Waals surface area contributed by atoms with Gasteiger partial charge in [0.25, 0.3) is 0 Å². The molecule has 0 bridgehead atoms. The molecule has 0 aliphatic carbocycles. The number of hydrogen-bond acceptors (Lipinski definition) is 4. The zero-order valence-electron chi connectivity index (χ0n) is 11.1. The number of ether oxygens (including phenoxy) is 1. The SMILES string of the molecule is COCCNCC(C)c1ccc(S(C)(=O)=O)cc1. The van der Waals surface area contributed by atoms with Gasteiger partial charge in [0.1, 0.15) is 0 Å². The molecule has 0 saturated heterocycles. The molecule has 0 spiro atoms. The molecule has 1 atom stereocenters. The van der Waals surface area contributed by atoms with Crippen LogP contribution in [0, 0.1) is 0 Å². The van der Waals surface area contributed by atoms with Crippen LogP contribution in [0.1, 0.15) is 18.4 Å². The molecule has 1 unspecified atom stereocenters. The van der Waals surface area contributed by atoms with Crippen molar-refractivity contribution in [3.8, 4) is 0 Å². The lowest BCUT2D eigenvalue weighted by Crippen LogP contribution is -2.23. The molecule has 5 heteroatoms. The molecule has 1 aromatic rings. The van der Waals surface area contributed by atoms with Crippen molar-refractivity contribution in [1.29, 1.82) is 0 Å². The molecular weight excluding hydrogens is 250 g/mol. The lowest BCUT2D eigenvalue weighted by molar-refractivity contribution is 0.199. The highest BCUT2D eigenvalue weighted by Crippen LogP contribution is 2.17. The van der Waals surface area contributed by atoms with Crippen molar-refractivity contribution < 1.29 is 13.2 Å². The fraction of sp³-hybridized carbons (Fsp3) is 0.538. The number of hydrogen-bond donors (Lipinski definition) is 1. The van der Waals surface area contributed by atoms with E-state index in [9.17, 15) is 8.42 Å². The predicted octanol–water partition coefficient (Wildman–Crippen LogP) is 1.43.